The molecule has 0 N–H and O–H groups in total. The lowest BCUT2D eigenvalue weighted by Crippen LogP contribution is -2.39. The van der Waals surface area contributed by atoms with Gasteiger partial charge in [-0.05, 0) is 30.6 Å². The van der Waals surface area contributed by atoms with Gasteiger partial charge in [-0.3, -0.25) is 4.79 Å². The molecule has 130 valence electrons. The van der Waals surface area contributed by atoms with Crippen LogP contribution in [0.2, 0.25) is 0 Å². The van der Waals surface area contributed by atoms with Crippen LogP contribution in [0.1, 0.15) is 63.9 Å². The van der Waals surface area contributed by atoms with Crippen LogP contribution >= 0.6 is 0 Å². The second kappa shape index (κ2) is 9.58. The number of hydrogen-bond donors (Lipinski definition) is 0. The normalized spacial score (nSPS) is 22.7. The van der Waals surface area contributed by atoms with Gasteiger partial charge in [0.2, 0.25) is 0 Å². The minimum Gasteiger partial charge on any atom is -0.359 e. The summed E-state index contributed by atoms with van der Waals surface area (Å²) in [6.07, 6.45) is 14.2. The van der Waals surface area contributed by atoms with Gasteiger partial charge in [0.05, 0.1) is 0 Å². The molecule has 0 amide bonds. The van der Waals surface area contributed by atoms with Gasteiger partial charge in [-0.25, -0.2) is 0 Å². The molecule has 24 heavy (non-hydrogen) atoms. The third-order valence-corrected chi connectivity index (χ3v) is 4.54. The van der Waals surface area contributed by atoms with Gasteiger partial charge in [0.1, 0.15) is 0 Å². The Labute approximate surface area is 146 Å². The predicted molar refractivity (Wildman–Crippen MR) is 100 cm³/mol. The molecular weight excluding hydrogens is 296 g/mol. The molecule has 0 unspecified atom stereocenters. The molecule has 0 heterocycles. The van der Waals surface area contributed by atoms with E-state index < -0.39 is 5.60 Å². The number of carbonyl (C=O) groups excluding carboxylic acids is 1. The zero-order chi connectivity index (χ0) is 17.3. The highest BCUT2D eigenvalue weighted by Gasteiger charge is 2.35. The summed E-state index contributed by atoms with van der Waals surface area (Å²) in [6, 6.07) is 10.3. The maximum Gasteiger partial charge on any atom is 0.172 e. The average Bonchev–Trinajstić information content (AvgIpc) is 2.63. The molecular formula is C22H30O2. The van der Waals surface area contributed by atoms with E-state index >= 15 is 0 Å². The highest BCUT2D eigenvalue weighted by atomic mass is 16.5. The van der Waals surface area contributed by atoms with Crippen molar-refractivity contribution in [3.05, 3.63) is 60.2 Å². The van der Waals surface area contributed by atoms with E-state index in [1.807, 2.05) is 37.3 Å². The third-order valence-electron chi connectivity index (χ3n) is 4.54. The van der Waals surface area contributed by atoms with Crippen molar-refractivity contribution in [1.82, 2.24) is 0 Å². The van der Waals surface area contributed by atoms with E-state index in [0.717, 1.165) is 19.3 Å². The van der Waals surface area contributed by atoms with Gasteiger partial charge in [0, 0.05) is 18.9 Å². The maximum atomic E-state index is 12.7. The molecule has 0 bridgehead atoms. The molecule has 0 saturated carbocycles. The lowest BCUT2D eigenvalue weighted by Gasteiger charge is -2.30. The fourth-order valence-electron chi connectivity index (χ4n) is 3.07. The summed E-state index contributed by atoms with van der Waals surface area (Å²) >= 11 is 0. The van der Waals surface area contributed by atoms with Crippen LogP contribution in [-0.4, -0.2) is 18.0 Å². The molecule has 0 spiro atoms. The van der Waals surface area contributed by atoms with E-state index in [0.29, 0.717) is 13.0 Å². The number of Topliss-reactive ketones (excluding diaryl/α,β-unsaturated/α-hetero) is 1. The number of ether oxygens (including phenoxy) is 1. The number of unbranched alkanes of at least 4 members (excludes halogenated alkanes) is 3. The largest absolute Gasteiger partial charge is 0.359 e. The monoisotopic (exact) mass is 326 g/mol. The van der Waals surface area contributed by atoms with Crippen LogP contribution in [0.25, 0.3) is 0 Å². The average molecular weight is 326 g/mol. The van der Waals surface area contributed by atoms with Crippen molar-refractivity contribution >= 4 is 5.78 Å². The molecule has 0 fully saturated rings. The van der Waals surface area contributed by atoms with Crippen LogP contribution < -0.4 is 0 Å². The van der Waals surface area contributed by atoms with E-state index in [-0.39, 0.29) is 11.7 Å². The quantitative estimate of drug-likeness (QED) is 0.413. The fourth-order valence-corrected chi connectivity index (χ4v) is 3.07. The van der Waals surface area contributed by atoms with Gasteiger partial charge in [-0.1, -0.05) is 75.6 Å². The topological polar surface area (TPSA) is 26.3 Å². The summed E-state index contributed by atoms with van der Waals surface area (Å²) in [5.74, 6) is 0.386. The zero-order valence-electron chi connectivity index (χ0n) is 15.0. The Morgan fingerprint density at radius 1 is 1.00 bits per heavy atom. The molecule has 1 aromatic carbocycles. The molecule has 1 aliphatic rings. The van der Waals surface area contributed by atoms with Gasteiger partial charge >= 0.3 is 0 Å². The molecule has 1 aromatic rings. The number of carbonyl (C=O) groups is 1. The molecule has 0 saturated heterocycles. The SMILES string of the molecule is CCCCCCOC1(C(=O)CCC)C=CC(c2ccccc2)C=C1. The molecule has 0 aliphatic heterocycles. The first-order valence-electron chi connectivity index (χ1n) is 9.32. The predicted octanol–water partition coefficient (Wildman–Crippen LogP) is 5.60. The summed E-state index contributed by atoms with van der Waals surface area (Å²) in [5, 5.41) is 0. The van der Waals surface area contributed by atoms with Crippen LogP contribution in [0.15, 0.2) is 54.6 Å². The highest BCUT2D eigenvalue weighted by Crippen LogP contribution is 2.30. The Balaban J connectivity index is 2.05. The van der Waals surface area contributed by atoms with E-state index in [4.69, 9.17) is 4.74 Å². The molecule has 2 rings (SSSR count). The van der Waals surface area contributed by atoms with E-state index in [1.165, 1.54) is 18.4 Å². The molecule has 2 nitrogen and oxygen atoms in total. The van der Waals surface area contributed by atoms with E-state index in [1.54, 1.807) is 0 Å². The number of rotatable bonds is 10. The second-order valence-corrected chi connectivity index (χ2v) is 6.53. The van der Waals surface area contributed by atoms with Gasteiger partial charge in [0.15, 0.2) is 11.4 Å². The number of hydrogen-bond acceptors (Lipinski definition) is 2. The van der Waals surface area contributed by atoms with Crippen molar-refractivity contribution in [3.63, 3.8) is 0 Å². The molecule has 2 heteroatoms. The number of benzene rings is 1. The Bertz CT molecular complexity index is 543. The molecule has 1 aliphatic carbocycles. The zero-order valence-corrected chi connectivity index (χ0v) is 15.0. The highest BCUT2D eigenvalue weighted by molar-refractivity contribution is 5.92. The van der Waals surface area contributed by atoms with Crippen LogP contribution in [0.4, 0.5) is 0 Å². The molecule has 0 aromatic heterocycles. The first kappa shape index (κ1) is 18.7. The molecule has 0 atom stereocenters. The summed E-state index contributed by atoms with van der Waals surface area (Å²) in [6.45, 7) is 4.87. The first-order chi connectivity index (χ1) is 11.7. The molecule has 0 radical (unpaired) electrons. The van der Waals surface area contributed by atoms with Crippen molar-refractivity contribution < 1.29 is 9.53 Å². The van der Waals surface area contributed by atoms with Gasteiger partial charge < -0.3 is 4.74 Å². The summed E-state index contributed by atoms with van der Waals surface area (Å²) in [4.78, 5) is 12.7. The Morgan fingerprint density at radius 2 is 1.71 bits per heavy atom. The number of ketones is 1. The van der Waals surface area contributed by atoms with Crippen molar-refractivity contribution in [2.45, 2.75) is 63.9 Å². The smallest absolute Gasteiger partial charge is 0.172 e. The van der Waals surface area contributed by atoms with Crippen molar-refractivity contribution in [1.29, 1.82) is 0 Å². The van der Waals surface area contributed by atoms with Crippen molar-refractivity contribution in [2.24, 2.45) is 0 Å². The summed E-state index contributed by atoms with van der Waals surface area (Å²) in [5.41, 5.74) is 0.387. The van der Waals surface area contributed by atoms with Gasteiger partial charge in [0.25, 0.3) is 0 Å². The summed E-state index contributed by atoms with van der Waals surface area (Å²) in [7, 11) is 0. The minimum atomic E-state index is -0.854. The lowest BCUT2D eigenvalue weighted by molar-refractivity contribution is -0.134. The van der Waals surface area contributed by atoms with E-state index in [2.05, 4.69) is 31.2 Å². The van der Waals surface area contributed by atoms with E-state index in [9.17, 15) is 4.79 Å². The van der Waals surface area contributed by atoms with Crippen LogP contribution in [0.5, 0.6) is 0 Å². The van der Waals surface area contributed by atoms with Crippen LogP contribution in [-0.2, 0) is 9.53 Å². The Hall–Kier alpha value is -1.67. The minimum absolute atomic E-state index is 0.166. The fraction of sp³-hybridized carbons (Fsp3) is 0.500. The first-order valence-corrected chi connectivity index (χ1v) is 9.32. The van der Waals surface area contributed by atoms with Gasteiger partial charge in [-0.2, -0.15) is 0 Å². The Kier molecular flexibility index (Phi) is 7.45. The summed E-state index contributed by atoms with van der Waals surface area (Å²) < 4.78 is 6.09. The van der Waals surface area contributed by atoms with Gasteiger partial charge in [-0.15, -0.1) is 0 Å². The second-order valence-electron chi connectivity index (χ2n) is 6.53. The standard InChI is InChI=1S/C22H30O2/c1-3-5-6-10-18-24-22(21(23)11-4-2)16-14-20(15-17-22)19-12-8-7-9-13-19/h7-9,12-17,20H,3-6,10-11,18H2,1-2H3. The van der Waals surface area contributed by atoms with Crippen molar-refractivity contribution in [2.75, 3.05) is 6.61 Å². The lowest BCUT2D eigenvalue weighted by atomic mass is 9.84. The maximum absolute atomic E-state index is 12.7. The van der Waals surface area contributed by atoms with Crippen LogP contribution in [0.3, 0.4) is 0 Å². The number of allylic oxidation sites excluding steroid dienone is 2. The van der Waals surface area contributed by atoms with Crippen LogP contribution in [0, 0.1) is 0 Å². The van der Waals surface area contributed by atoms with Crippen molar-refractivity contribution in [3.8, 4) is 0 Å². The third kappa shape index (κ3) is 4.91. The Morgan fingerprint density at radius 3 is 2.33 bits per heavy atom.